The zero-order valence-corrected chi connectivity index (χ0v) is 11.7. The van der Waals surface area contributed by atoms with E-state index >= 15 is 0 Å². The second-order valence-corrected chi connectivity index (χ2v) is 6.05. The molecular weight excluding hydrogens is 277 g/mol. The average Bonchev–Trinajstić information content (AvgIpc) is 2.80. The van der Waals surface area contributed by atoms with E-state index in [0.29, 0.717) is 18.8 Å². The third kappa shape index (κ3) is 3.01. The smallest absolute Gasteiger partial charge is 0.391 e. The number of nitrogen functional groups attached to an aromatic ring is 1. The SMILES string of the molecule is Nc1ccc2c(ccn2CC2CCC(C(F)(F)F)CC2)c1. The molecular formula is C16H19F3N2. The van der Waals surface area contributed by atoms with E-state index in [1.165, 1.54) is 0 Å². The summed E-state index contributed by atoms with van der Waals surface area (Å²) in [5.41, 5.74) is 7.58. The van der Waals surface area contributed by atoms with Crippen molar-refractivity contribution in [3.05, 3.63) is 30.5 Å². The lowest BCUT2D eigenvalue weighted by Crippen LogP contribution is -2.28. The normalized spacial score (nSPS) is 23.6. The highest BCUT2D eigenvalue weighted by atomic mass is 19.4. The minimum atomic E-state index is -4.03. The highest BCUT2D eigenvalue weighted by Crippen LogP contribution is 2.40. The van der Waals surface area contributed by atoms with Gasteiger partial charge in [0.05, 0.1) is 5.92 Å². The number of benzene rings is 1. The first-order valence-corrected chi connectivity index (χ1v) is 7.34. The van der Waals surface area contributed by atoms with Gasteiger partial charge in [0.25, 0.3) is 0 Å². The van der Waals surface area contributed by atoms with Crippen LogP contribution in [0.25, 0.3) is 10.9 Å². The largest absolute Gasteiger partial charge is 0.399 e. The molecule has 0 amide bonds. The van der Waals surface area contributed by atoms with Crippen LogP contribution >= 0.6 is 0 Å². The molecule has 21 heavy (non-hydrogen) atoms. The summed E-state index contributed by atoms with van der Waals surface area (Å²) >= 11 is 0. The van der Waals surface area contributed by atoms with E-state index in [-0.39, 0.29) is 12.8 Å². The molecule has 0 atom stereocenters. The molecule has 1 aliphatic carbocycles. The maximum atomic E-state index is 12.7. The van der Waals surface area contributed by atoms with Crippen molar-refractivity contribution in [2.75, 3.05) is 5.73 Å². The van der Waals surface area contributed by atoms with Crippen molar-refractivity contribution in [1.29, 1.82) is 0 Å². The molecule has 0 unspecified atom stereocenters. The summed E-state index contributed by atoms with van der Waals surface area (Å²) in [6, 6.07) is 7.77. The number of alkyl halides is 3. The molecule has 0 spiro atoms. The van der Waals surface area contributed by atoms with E-state index in [4.69, 9.17) is 5.73 Å². The summed E-state index contributed by atoms with van der Waals surface area (Å²) in [7, 11) is 0. The van der Waals surface area contributed by atoms with Gasteiger partial charge in [0, 0.05) is 29.3 Å². The van der Waals surface area contributed by atoms with Crippen LogP contribution in [0.15, 0.2) is 30.5 Å². The molecule has 5 heteroatoms. The molecule has 1 aliphatic rings. The van der Waals surface area contributed by atoms with Crippen LogP contribution in [0.2, 0.25) is 0 Å². The van der Waals surface area contributed by atoms with Crippen LogP contribution in [-0.4, -0.2) is 10.7 Å². The van der Waals surface area contributed by atoms with E-state index in [1.807, 2.05) is 30.5 Å². The lowest BCUT2D eigenvalue weighted by Gasteiger charge is -2.30. The van der Waals surface area contributed by atoms with Crippen LogP contribution in [0.3, 0.4) is 0 Å². The Hall–Kier alpha value is -1.65. The molecule has 2 nitrogen and oxygen atoms in total. The number of hydrogen-bond donors (Lipinski definition) is 1. The Balaban J connectivity index is 1.67. The van der Waals surface area contributed by atoms with Crippen LogP contribution < -0.4 is 5.73 Å². The van der Waals surface area contributed by atoms with Gasteiger partial charge < -0.3 is 10.3 Å². The summed E-state index contributed by atoms with van der Waals surface area (Å²) in [4.78, 5) is 0. The maximum absolute atomic E-state index is 12.7. The average molecular weight is 296 g/mol. The standard InChI is InChI=1S/C16H19F3N2/c17-16(18,19)13-3-1-11(2-4-13)10-21-8-7-12-9-14(20)5-6-15(12)21/h5-9,11,13H,1-4,10,20H2. The van der Waals surface area contributed by atoms with E-state index in [9.17, 15) is 13.2 Å². The summed E-state index contributed by atoms with van der Waals surface area (Å²) in [6.07, 6.45) is -0.194. The second-order valence-electron chi connectivity index (χ2n) is 6.05. The third-order valence-electron chi connectivity index (χ3n) is 4.56. The van der Waals surface area contributed by atoms with Crippen molar-refractivity contribution in [2.45, 2.75) is 38.4 Å². The molecule has 0 bridgehead atoms. The Morgan fingerprint density at radius 2 is 1.81 bits per heavy atom. The van der Waals surface area contributed by atoms with Crippen molar-refractivity contribution in [1.82, 2.24) is 4.57 Å². The van der Waals surface area contributed by atoms with Gasteiger partial charge in [-0.15, -0.1) is 0 Å². The maximum Gasteiger partial charge on any atom is 0.391 e. The van der Waals surface area contributed by atoms with Gasteiger partial charge in [-0.1, -0.05) is 0 Å². The lowest BCUT2D eigenvalue weighted by atomic mass is 9.81. The van der Waals surface area contributed by atoms with Gasteiger partial charge in [0.15, 0.2) is 0 Å². The van der Waals surface area contributed by atoms with Gasteiger partial charge in [-0.2, -0.15) is 13.2 Å². The minimum Gasteiger partial charge on any atom is -0.399 e. The van der Waals surface area contributed by atoms with Crippen molar-refractivity contribution in [3.8, 4) is 0 Å². The topological polar surface area (TPSA) is 30.9 Å². The number of rotatable bonds is 2. The molecule has 114 valence electrons. The Labute approximate surface area is 121 Å². The van der Waals surface area contributed by atoms with Crippen LogP contribution in [0.1, 0.15) is 25.7 Å². The molecule has 0 aliphatic heterocycles. The molecule has 2 aromatic rings. The molecule has 1 aromatic heterocycles. The zero-order valence-electron chi connectivity index (χ0n) is 11.7. The van der Waals surface area contributed by atoms with E-state index in [1.54, 1.807) is 0 Å². The predicted molar refractivity (Wildman–Crippen MR) is 77.9 cm³/mol. The van der Waals surface area contributed by atoms with Crippen molar-refractivity contribution >= 4 is 16.6 Å². The molecule has 1 saturated carbocycles. The second kappa shape index (κ2) is 5.28. The number of nitrogens with zero attached hydrogens (tertiary/aromatic N) is 1. The molecule has 0 saturated heterocycles. The van der Waals surface area contributed by atoms with Crippen molar-refractivity contribution < 1.29 is 13.2 Å². The first kappa shape index (κ1) is 14.3. The lowest BCUT2D eigenvalue weighted by molar-refractivity contribution is -0.184. The summed E-state index contributed by atoms with van der Waals surface area (Å²) < 4.78 is 40.2. The Kier molecular flexibility index (Phi) is 3.59. The van der Waals surface area contributed by atoms with Crippen molar-refractivity contribution in [2.24, 2.45) is 11.8 Å². The van der Waals surface area contributed by atoms with E-state index in [0.717, 1.165) is 23.1 Å². The Bertz CT molecular complexity index is 622. The zero-order chi connectivity index (χ0) is 15.0. The Morgan fingerprint density at radius 1 is 1.10 bits per heavy atom. The number of nitrogens with two attached hydrogens (primary N) is 1. The fraction of sp³-hybridized carbons (Fsp3) is 0.500. The van der Waals surface area contributed by atoms with Crippen LogP contribution in [0, 0.1) is 11.8 Å². The number of hydrogen-bond acceptors (Lipinski definition) is 1. The number of anilines is 1. The quantitative estimate of drug-likeness (QED) is 0.807. The Morgan fingerprint density at radius 3 is 2.48 bits per heavy atom. The summed E-state index contributed by atoms with van der Waals surface area (Å²) in [5.74, 6) is -0.772. The van der Waals surface area contributed by atoms with Gasteiger partial charge in [-0.05, 0) is 55.9 Å². The van der Waals surface area contributed by atoms with Crippen LogP contribution in [-0.2, 0) is 6.54 Å². The highest BCUT2D eigenvalue weighted by Gasteiger charge is 2.41. The van der Waals surface area contributed by atoms with Crippen LogP contribution in [0.4, 0.5) is 18.9 Å². The molecule has 3 rings (SSSR count). The number of fused-ring (bicyclic) bond motifs is 1. The first-order chi connectivity index (χ1) is 9.93. The first-order valence-electron chi connectivity index (χ1n) is 7.34. The highest BCUT2D eigenvalue weighted by molar-refractivity contribution is 5.83. The number of aromatic nitrogens is 1. The molecule has 1 fully saturated rings. The molecule has 2 N–H and O–H groups in total. The van der Waals surface area contributed by atoms with E-state index < -0.39 is 12.1 Å². The van der Waals surface area contributed by atoms with Gasteiger partial charge >= 0.3 is 6.18 Å². The molecule has 1 heterocycles. The number of halogens is 3. The third-order valence-corrected chi connectivity index (χ3v) is 4.56. The summed E-state index contributed by atoms with van der Waals surface area (Å²) in [6.45, 7) is 0.790. The molecule has 1 aromatic carbocycles. The van der Waals surface area contributed by atoms with Crippen molar-refractivity contribution in [3.63, 3.8) is 0 Å². The monoisotopic (exact) mass is 296 g/mol. The summed E-state index contributed by atoms with van der Waals surface area (Å²) in [5, 5.41) is 1.08. The van der Waals surface area contributed by atoms with Gasteiger partial charge in [0.2, 0.25) is 0 Å². The predicted octanol–water partition coefficient (Wildman–Crippen LogP) is 4.59. The van der Waals surface area contributed by atoms with Gasteiger partial charge in [-0.25, -0.2) is 0 Å². The molecule has 0 radical (unpaired) electrons. The van der Waals surface area contributed by atoms with Gasteiger partial charge in [-0.3, -0.25) is 0 Å². The fourth-order valence-corrected chi connectivity index (χ4v) is 3.33. The minimum absolute atomic E-state index is 0.264. The van der Waals surface area contributed by atoms with Gasteiger partial charge in [0.1, 0.15) is 0 Å². The fourth-order valence-electron chi connectivity index (χ4n) is 3.33. The van der Waals surface area contributed by atoms with Crippen LogP contribution in [0.5, 0.6) is 0 Å². The van der Waals surface area contributed by atoms with E-state index in [2.05, 4.69) is 4.57 Å².